The van der Waals surface area contributed by atoms with Crippen LogP contribution in [0.4, 0.5) is 11.5 Å². The summed E-state index contributed by atoms with van der Waals surface area (Å²) in [5.41, 5.74) is 3.39. The van der Waals surface area contributed by atoms with Gasteiger partial charge in [-0.1, -0.05) is 6.07 Å². The van der Waals surface area contributed by atoms with Crippen LogP contribution in [0.2, 0.25) is 0 Å². The second kappa shape index (κ2) is 9.53. The summed E-state index contributed by atoms with van der Waals surface area (Å²) in [6.07, 6.45) is 7.67. The summed E-state index contributed by atoms with van der Waals surface area (Å²) in [5.74, 6) is 1.08. The number of carbonyl (C=O) groups excluding carboxylic acids is 1. The first-order valence-electron chi connectivity index (χ1n) is 12.2. The number of amides is 1. The van der Waals surface area contributed by atoms with Crippen LogP contribution in [0, 0.1) is 5.41 Å². The van der Waals surface area contributed by atoms with Crippen molar-refractivity contribution < 1.29 is 4.79 Å². The van der Waals surface area contributed by atoms with Gasteiger partial charge < -0.3 is 4.40 Å². The van der Waals surface area contributed by atoms with Crippen LogP contribution in [0.3, 0.4) is 0 Å². The molecule has 7 nitrogen and oxygen atoms in total. The van der Waals surface area contributed by atoms with E-state index >= 15 is 0 Å². The van der Waals surface area contributed by atoms with Gasteiger partial charge in [-0.05, 0) is 12.1 Å². The molecule has 4 rings (SSSR count). The summed E-state index contributed by atoms with van der Waals surface area (Å²) in [5, 5.41) is 10.1. The molecule has 1 saturated carbocycles. The quantitative estimate of drug-likeness (QED) is 0.419. The molecule has 184 valence electrons. The number of imidazole rings is 1. The van der Waals surface area contributed by atoms with E-state index in [9.17, 15) is 4.79 Å². The summed E-state index contributed by atoms with van der Waals surface area (Å²) in [6, 6.07) is 10.1. The molecule has 0 aromatic carbocycles. The van der Waals surface area contributed by atoms with E-state index in [2.05, 4.69) is 66.9 Å². The van der Waals surface area contributed by atoms with Gasteiger partial charge in [-0.15, -0.1) is 0 Å². The summed E-state index contributed by atoms with van der Waals surface area (Å²) in [7, 11) is 0.709. The zero-order valence-corrected chi connectivity index (χ0v) is 22.3. The van der Waals surface area contributed by atoms with E-state index < -0.39 is 7.26 Å². The molecule has 3 N–H and O–H groups in total. The number of hydrogen-bond acceptors (Lipinski definition) is 5. The first-order valence-corrected chi connectivity index (χ1v) is 15.9. The van der Waals surface area contributed by atoms with Gasteiger partial charge in [0.15, 0.2) is 0 Å². The molecule has 0 saturated heterocycles. The Labute approximate surface area is 203 Å². The number of pyridine rings is 2. The molecule has 0 aliphatic heterocycles. The molecule has 0 bridgehead atoms. The number of nitrogens with zero attached hydrogens (tertiary/aromatic N) is 3. The number of fused-ring (bicyclic) bond motifs is 1. The molecule has 3 aromatic heterocycles. The average Bonchev–Trinajstić information content (AvgIpc) is 3.23. The van der Waals surface area contributed by atoms with Gasteiger partial charge in [0, 0.05) is 12.4 Å². The van der Waals surface area contributed by atoms with Gasteiger partial charge in [0.2, 0.25) is 0 Å². The molecule has 1 amide bonds. The molecule has 1 aliphatic rings. The SMILES string of the molecule is CNc1nc(C2CCC(C)(C)C(NC(=O)c3cn4ccccc4n3)C2)ccc1NC[PH](C)(C)C. The molecular weight excluding hydrogens is 443 g/mol. The van der Waals surface area contributed by atoms with Crippen LogP contribution in [0.1, 0.15) is 55.2 Å². The van der Waals surface area contributed by atoms with Gasteiger partial charge in [-0.25, -0.2) is 4.98 Å². The summed E-state index contributed by atoms with van der Waals surface area (Å²) < 4.78 is 1.88. The van der Waals surface area contributed by atoms with Crippen molar-refractivity contribution in [2.75, 3.05) is 44.0 Å². The van der Waals surface area contributed by atoms with Crippen LogP contribution in [-0.4, -0.2) is 59.6 Å². The number of rotatable bonds is 7. The second-order valence-electron chi connectivity index (χ2n) is 11.4. The number of anilines is 2. The zero-order chi connectivity index (χ0) is 24.5. The third-order valence-electron chi connectivity index (χ3n) is 6.88. The first kappa shape index (κ1) is 24.5. The van der Waals surface area contributed by atoms with Crippen molar-refractivity contribution >= 4 is 30.3 Å². The molecule has 8 heteroatoms. The van der Waals surface area contributed by atoms with Crippen LogP contribution >= 0.6 is 7.26 Å². The molecular formula is C26H39N6OP. The molecule has 3 aromatic rings. The maximum absolute atomic E-state index is 13.1. The van der Waals surface area contributed by atoms with Crippen molar-refractivity contribution in [3.05, 3.63) is 54.1 Å². The monoisotopic (exact) mass is 482 g/mol. The molecule has 3 heterocycles. The van der Waals surface area contributed by atoms with Crippen LogP contribution in [-0.2, 0) is 0 Å². The molecule has 2 unspecified atom stereocenters. The van der Waals surface area contributed by atoms with Crippen molar-refractivity contribution in [2.45, 2.75) is 45.1 Å². The van der Waals surface area contributed by atoms with Crippen LogP contribution < -0.4 is 16.0 Å². The van der Waals surface area contributed by atoms with Crippen molar-refractivity contribution in [1.82, 2.24) is 19.7 Å². The van der Waals surface area contributed by atoms with Crippen molar-refractivity contribution in [1.29, 1.82) is 0 Å². The predicted octanol–water partition coefficient (Wildman–Crippen LogP) is 4.87. The summed E-state index contributed by atoms with van der Waals surface area (Å²) in [6.45, 7) is 11.5. The Balaban J connectivity index is 1.49. The van der Waals surface area contributed by atoms with Crippen LogP contribution in [0.25, 0.3) is 5.65 Å². The number of aromatic nitrogens is 3. The predicted molar refractivity (Wildman–Crippen MR) is 145 cm³/mol. The molecule has 1 fully saturated rings. The van der Waals surface area contributed by atoms with E-state index in [1.165, 1.54) is 0 Å². The van der Waals surface area contributed by atoms with Crippen molar-refractivity contribution in [3.63, 3.8) is 0 Å². The minimum atomic E-state index is -1.22. The Morgan fingerprint density at radius 1 is 1.18 bits per heavy atom. The Bertz CT molecular complexity index is 1130. The van der Waals surface area contributed by atoms with E-state index in [1.54, 1.807) is 6.20 Å². The Morgan fingerprint density at radius 3 is 2.68 bits per heavy atom. The van der Waals surface area contributed by atoms with Crippen molar-refractivity contribution in [2.24, 2.45) is 5.41 Å². The standard InChI is InChI=1S/C26H39N6OP/c1-26(2)13-12-18(19-10-11-20(24(27-3)30-19)28-17-34(4,5)6)15-22(26)31-25(33)21-16-32-14-8-7-9-23(32)29-21/h7-11,14,16,18,22,28,34H,12-13,15,17H2,1-6H3,(H,27,30)(H,31,33). The van der Waals surface area contributed by atoms with Gasteiger partial charge in [0.05, 0.1) is 0 Å². The fourth-order valence-electron chi connectivity index (χ4n) is 4.64. The van der Waals surface area contributed by atoms with Crippen LogP contribution in [0.5, 0.6) is 0 Å². The number of hydrogen-bond donors (Lipinski definition) is 3. The van der Waals surface area contributed by atoms with Gasteiger partial charge in [0.1, 0.15) is 5.65 Å². The summed E-state index contributed by atoms with van der Waals surface area (Å²) in [4.78, 5) is 22.6. The van der Waals surface area contributed by atoms with E-state index in [1.807, 2.05) is 35.8 Å². The zero-order valence-electron chi connectivity index (χ0n) is 21.3. The van der Waals surface area contributed by atoms with Crippen LogP contribution in [0.15, 0.2) is 42.7 Å². The second-order valence-corrected chi connectivity index (χ2v) is 16.8. The minimum absolute atomic E-state index is 0.00991. The van der Waals surface area contributed by atoms with E-state index in [0.717, 1.165) is 48.4 Å². The van der Waals surface area contributed by atoms with Gasteiger partial charge in [-0.2, -0.15) is 0 Å². The van der Waals surface area contributed by atoms with Gasteiger partial charge in [0.25, 0.3) is 0 Å². The third kappa shape index (κ3) is 5.52. The maximum atomic E-state index is 13.1. The normalized spacial score (nSPS) is 20.6. The third-order valence-corrected chi connectivity index (χ3v) is 8.12. The fraction of sp³-hybridized carbons (Fsp3) is 0.500. The first-order chi connectivity index (χ1) is 16.1. The Morgan fingerprint density at radius 2 is 1.97 bits per heavy atom. The van der Waals surface area contributed by atoms with E-state index in [4.69, 9.17) is 4.98 Å². The van der Waals surface area contributed by atoms with Gasteiger partial charge >= 0.3 is 158 Å². The van der Waals surface area contributed by atoms with Crippen molar-refractivity contribution in [3.8, 4) is 0 Å². The Kier molecular flexibility index (Phi) is 6.86. The molecule has 34 heavy (non-hydrogen) atoms. The molecule has 2 atom stereocenters. The topological polar surface area (TPSA) is 83.4 Å². The van der Waals surface area contributed by atoms with Gasteiger partial charge in [-0.3, -0.25) is 0 Å². The molecule has 0 radical (unpaired) electrons. The molecule has 1 aliphatic carbocycles. The van der Waals surface area contributed by atoms with E-state index in [-0.39, 0.29) is 17.4 Å². The number of nitrogens with one attached hydrogen (secondary N) is 3. The molecule has 0 spiro atoms. The number of carbonyl (C=O) groups is 1. The fourth-order valence-corrected chi connectivity index (χ4v) is 5.36. The Hall–Kier alpha value is -2.66. The average molecular weight is 483 g/mol. The van der Waals surface area contributed by atoms with E-state index in [0.29, 0.717) is 11.6 Å². The summed E-state index contributed by atoms with van der Waals surface area (Å²) >= 11 is 0.